The average molecular weight is 195 g/mol. The van der Waals surface area contributed by atoms with E-state index in [4.69, 9.17) is 17.3 Å². The van der Waals surface area contributed by atoms with E-state index in [0.29, 0.717) is 18.0 Å². The second-order valence-corrected chi connectivity index (χ2v) is 3.04. The van der Waals surface area contributed by atoms with Gasteiger partial charge in [0.05, 0.1) is 11.9 Å². The van der Waals surface area contributed by atoms with E-state index in [-0.39, 0.29) is 0 Å². The molecule has 0 aliphatic carbocycles. The molecule has 0 spiro atoms. The van der Waals surface area contributed by atoms with Crippen molar-refractivity contribution in [1.82, 2.24) is 4.98 Å². The number of nitrogens with two attached hydrogens (primary N) is 1. The Morgan fingerprint density at radius 3 is 3.00 bits per heavy atom. The first-order chi connectivity index (χ1) is 6.24. The second-order valence-electron chi connectivity index (χ2n) is 2.67. The van der Waals surface area contributed by atoms with Gasteiger partial charge in [0.25, 0.3) is 0 Å². The van der Waals surface area contributed by atoms with Crippen LogP contribution in [0.1, 0.15) is 17.7 Å². The van der Waals surface area contributed by atoms with Gasteiger partial charge >= 0.3 is 0 Å². The van der Waals surface area contributed by atoms with Gasteiger partial charge in [-0.3, -0.25) is 0 Å². The smallest absolute Gasteiger partial charge is 0.113 e. The number of nitrogens with zero attached hydrogens (tertiary/aromatic N) is 1. The summed E-state index contributed by atoms with van der Waals surface area (Å²) in [5, 5.41) is 0. The number of aromatic nitrogens is 1. The van der Waals surface area contributed by atoms with E-state index >= 15 is 0 Å². The van der Waals surface area contributed by atoms with Gasteiger partial charge < -0.3 is 5.73 Å². The zero-order valence-corrected chi connectivity index (χ0v) is 8.23. The van der Waals surface area contributed by atoms with Crippen molar-refractivity contribution >= 4 is 17.3 Å². The van der Waals surface area contributed by atoms with Gasteiger partial charge in [0.2, 0.25) is 0 Å². The average Bonchev–Trinajstić information content (AvgIpc) is 2.12. The van der Waals surface area contributed by atoms with Crippen LogP contribution in [0.3, 0.4) is 0 Å². The number of rotatable bonds is 1. The molecule has 0 amide bonds. The van der Waals surface area contributed by atoms with Gasteiger partial charge in [-0.25, -0.2) is 4.98 Å². The summed E-state index contributed by atoms with van der Waals surface area (Å²) in [7, 11) is 0. The fourth-order valence-electron chi connectivity index (χ4n) is 0.835. The summed E-state index contributed by atoms with van der Waals surface area (Å²) in [5.41, 5.74) is 8.06. The summed E-state index contributed by atoms with van der Waals surface area (Å²) in [6, 6.07) is 1.87. The summed E-state index contributed by atoms with van der Waals surface area (Å²) >= 11 is 5.48. The maximum Gasteiger partial charge on any atom is 0.113 e. The van der Waals surface area contributed by atoms with Gasteiger partial charge in [0, 0.05) is 12.3 Å². The lowest BCUT2D eigenvalue weighted by Crippen LogP contribution is -1.92. The van der Waals surface area contributed by atoms with E-state index in [1.165, 1.54) is 0 Å². The third-order valence-electron chi connectivity index (χ3n) is 1.59. The Labute approximate surface area is 83.1 Å². The summed E-state index contributed by atoms with van der Waals surface area (Å²) in [6.07, 6.45) is 2.31. The Morgan fingerprint density at radius 1 is 1.62 bits per heavy atom. The molecule has 1 heterocycles. The monoisotopic (exact) mass is 194 g/mol. The highest BCUT2D eigenvalue weighted by atomic mass is 35.5. The molecule has 2 nitrogen and oxygen atoms in total. The first kappa shape index (κ1) is 9.88. The number of hydrogen-bond donors (Lipinski definition) is 1. The van der Waals surface area contributed by atoms with Crippen molar-refractivity contribution in [3.05, 3.63) is 23.5 Å². The maximum atomic E-state index is 5.61. The predicted molar refractivity (Wildman–Crippen MR) is 55.6 cm³/mol. The molecule has 13 heavy (non-hydrogen) atoms. The summed E-state index contributed by atoms with van der Waals surface area (Å²) in [6.45, 7) is 1.93. The van der Waals surface area contributed by atoms with Gasteiger partial charge in [-0.1, -0.05) is 5.92 Å². The molecule has 0 radical (unpaired) electrons. The quantitative estimate of drug-likeness (QED) is 0.548. The minimum absolute atomic E-state index is 0.557. The Morgan fingerprint density at radius 2 is 2.38 bits per heavy atom. The molecule has 0 unspecified atom stereocenters. The van der Waals surface area contributed by atoms with Crippen LogP contribution in [-0.4, -0.2) is 10.9 Å². The van der Waals surface area contributed by atoms with Crippen molar-refractivity contribution in [2.75, 3.05) is 11.6 Å². The van der Waals surface area contributed by atoms with Crippen LogP contribution >= 0.6 is 11.6 Å². The fraction of sp³-hybridized carbons (Fsp3) is 0.300. The number of alkyl halides is 1. The highest BCUT2D eigenvalue weighted by molar-refractivity contribution is 6.18. The van der Waals surface area contributed by atoms with Crippen LogP contribution in [0, 0.1) is 18.8 Å². The highest BCUT2D eigenvalue weighted by Crippen LogP contribution is 2.08. The second kappa shape index (κ2) is 4.74. The molecule has 0 atom stereocenters. The Kier molecular flexibility index (Phi) is 3.60. The SMILES string of the molecule is Cc1cc(C#CCCCl)ncc1N. The lowest BCUT2D eigenvalue weighted by atomic mass is 10.2. The van der Waals surface area contributed by atoms with E-state index < -0.39 is 0 Å². The largest absolute Gasteiger partial charge is 0.397 e. The van der Waals surface area contributed by atoms with Crippen molar-refractivity contribution in [2.45, 2.75) is 13.3 Å². The number of anilines is 1. The van der Waals surface area contributed by atoms with E-state index in [1.807, 2.05) is 13.0 Å². The van der Waals surface area contributed by atoms with Crippen LogP contribution in [0.5, 0.6) is 0 Å². The van der Waals surface area contributed by atoms with E-state index in [9.17, 15) is 0 Å². The normalized spacial score (nSPS) is 9.08. The Bertz CT molecular complexity index is 350. The van der Waals surface area contributed by atoms with Gasteiger partial charge in [-0.2, -0.15) is 0 Å². The summed E-state index contributed by atoms with van der Waals surface area (Å²) < 4.78 is 0. The molecule has 3 heteroatoms. The fourth-order valence-corrected chi connectivity index (χ4v) is 0.930. The number of aryl methyl sites for hydroxylation is 1. The van der Waals surface area contributed by atoms with Crippen molar-refractivity contribution in [3.63, 3.8) is 0 Å². The van der Waals surface area contributed by atoms with E-state index in [1.54, 1.807) is 6.20 Å². The molecule has 1 rings (SSSR count). The van der Waals surface area contributed by atoms with Crippen LogP contribution in [0.2, 0.25) is 0 Å². The Hall–Kier alpha value is -1.20. The van der Waals surface area contributed by atoms with Gasteiger partial charge in [0.1, 0.15) is 5.69 Å². The molecule has 2 N–H and O–H groups in total. The molecule has 0 aliphatic heterocycles. The van der Waals surface area contributed by atoms with Gasteiger partial charge in [-0.15, -0.1) is 11.6 Å². The van der Waals surface area contributed by atoms with Gasteiger partial charge in [-0.05, 0) is 24.5 Å². The van der Waals surface area contributed by atoms with Crippen molar-refractivity contribution in [3.8, 4) is 11.8 Å². The number of pyridine rings is 1. The number of nitrogen functional groups attached to an aromatic ring is 1. The number of hydrogen-bond acceptors (Lipinski definition) is 2. The van der Waals surface area contributed by atoms with Crippen molar-refractivity contribution in [1.29, 1.82) is 0 Å². The minimum Gasteiger partial charge on any atom is -0.397 e. The zero-order valence-electron chi connectivity index (χ0n) is 7.47. The molecular formula is C10H11ClN2. The zero-order chi connectivity index (χ0) is 9.68. The van der Waals surface area contributed by atoms with Crippen molar-refractivity contribution in [2.24, 2.45) is 0 Å². The third kappa shape index (κ3) is 2.96. The lowest BCUT2D eigenvalue weighted by molar-refractivity contribution is 1.24. The number of halogens is 1. The molecule has 0 bridgehead atoms. The van der Waals surface area contributed by atoms with Crippen LogP contribution in [0.4, 0.5) is 5.69 Å². The van der Waals surface area contributed by atoms with E-state index in [0.717, 1.165) is 11.3 Å². The molecule has 0 aromatic carbocycles. The first-order valence-electron chi connectivity index (χ1n) is 4.01. The first-order valence-corrected chi connectivity index (χ1v) is 4.54. The molecule has 0 fully saturated rings. The predicted octanol–water partition coefficient (Wildman–Crippen LogP) is 1.95. The molecule has 1 aromatic heterocycles. The maximum absolute atomic E-state index is 5.61. The van der Waals surface area contributed by atoms with E-state index in [2.05, 4.69) is 16.8 Å². The van der Waals surface area contributed by atoms with Crippen LogP contribution in [0.15, 0.2) is 12.3 Å². The molecule has 0 aliphatic rings. The van der Waals surface area contributed by atoms with Crippen LogP contribution < -0.4 is 5.73 Å². The summed E-state index contributed by atoms with van der Waals surface area (Å²) in [4.78, 5) is 4.07. The third-order valence-corrected chi connectivity index (χ3v) is 1.78. The highest BCUT2D eigenvalue weighted by Gasteiger charge is 1.94. The van der Waals surface area contributed by atoms with Crippen LogP contribution in [0.25, 0.3) is 0 Å². The molecule has 1 aromatic rings. The standard InChI is InChI=1S/C10H11ClN2/c1-8-6-9(4-2-3-5-11)13-7-10(8)12/h6-7H,3,5,12H2,1H3. The molecule has 0 saturated heterocycles. The van der Waals surface area contributed by atoms with Crippen molar-refractivity contribution < 1.29 is 0 Å². The molecule has 0 saturated carbocycles. The molecular weight excluding hydrogens is 184 g/mol. The molecule has 68 valence electrons. The lowest BCUT2D eigenvalue weighted by Gasteiger charge is -1.97. The minimum atomic E-state index is 0.557. The Balaban J connectivity index is 2.81. The van der Waals surface area contributed by atoms with Crippen LogP contribution in [-0.2, 0) is 0 Å². The van der Waals surface area contributed by atoms with Gasteiger partial charge in [0.15, 0.2) is 0 Å². The summed E-state index contributed by atoms with van der Waals surface area (Å²) in [5.74, 6) is 6.38. The topological polar surface area (TPSA) is 38.9 Å².